The maximum Gasteiger partial charge on any atom is 0.253 e. The van der Waals surface area contributed by atoms with E-state index in [1.54, 1.807) is 12.1 Å². The molecule has 0 atom stereocenters. The molecule has 0 saturated carbocycles. The number of hydrogen-bond acceptors (Lipinski definition) is 3. The monoisotopic (exact) mass is 295 g/mol. The first kappa shape index (κ1) is 13.9. The van der Waals surface area contributed by atoms with Gasteiger partial charge in [0.2, 0.25) is 0 Å². The number of hydrogen-bond donors (Lipinski definition) is 0. The van der Waals surface area contributed by atoms with E-state index in [0.29, 0.717) is 29.7 Å². The lowest BCUT2D eigenvalue weighted by Crippen LogP contribution is -2.41. The molecule has 2 heterocycles. The van der Waals surface area contributed by atoms with Gasteiger partial charge in [-0.3, -0.25) is 4.79 Å². The van der Waals surface area contributed by atoms with E-state index in [9.17, 15) is 4.79 Å². The van der Waals surface area contributed by atoms with Gasteiger partial charge in [-0.05, 0) is 31.0 Å². The zero-order valence-corrected chi connectivity index (χ0v) is 12.0. The molecule has 0 N–H and O–H groups in total. The quantitative estimate of drug-likeness (QED) is 0.842. The summed E-state index contributed by atoms with van der Waals surface area (Å²) in [6.07, 6.45) is 1.78. The molecule has 1 aromatic carbocycles. The Morgan fingerprint density at radius 2 is 1.90 bits per heavy atom. The van der Waals surface area contributed by atoms with Crippen LogP contribution in [0.5, 0.6) is 0 Å². The van der Waals surface area contributed by atoms with Gasteiger partial charge < -0.3 is 14.4 Å². The number of piperidine rings is 1. The smallest absolute Gasteiger partial charge is 0.253 e. The van der Waals surface area contributed by atoms with Gasteiger partial charge in [-0.15, -0.1) is 0 Å². The molecule has 0 spiro atoms. The molecule has 1 amide bonds. The van der Waals surface area contributed by atoms with Crippen molar-refractivity contribution in [2.75, 3.05) is 26.3 Å². The number of rotatable bonds is 2. The highest BCUT2D eigenvalue weighted by molar-refractivity contribution is 6.30. The summed E-state index contributed by atoms with van der Waals surface area (Å²) in [5, 5.41) is 0.596. The van der Waals surface area contributed by atoms with E-state index in [1.165, 1.54) is 0 Å². The van der Waals surface area contributed by atoms with E-state index in [1.807, 2.05) is 17.0 Å². The number of ether oxygens (including phenoxy) is 2. The van der Waals surface area contributed by atoms with E-state index in [4.69, 9.17) is 21.1 Å². The lowest BCUT2D eigenvalue weighted by Gasteiger charge is -2.33. The third-order valence-electron chi connectivity index (χ3n) is 3.93. The fourth-order valence-corrected chi connectivity index (χ4v) is 3.02. The van der Waals surface area contributed by atoms with Crippen LogP contribution < -0.4 is 0 Å². The van der Waals surface area contributed by atoms with Crippen molar-refractivity contribution < 1.29 is 14.3 Å². The number of amides is 1. The van der Waals surface area contributed by atoms with Crippen molar-refractivity contribution in [3.05, 3.63) is 34.9 Å². The third-order valence-corrected chi connectivity index (χ3v) is 4.17. The minimum absolute atomic E-state index is 0.0548. The molecule has 4 nitrogen and oxygen atoms in total. The van der Waals surface area contributed by atoms with Crippen LogP contribution in [-0.4, -0.2) is 43.4 Å². The van der Waals surface area contributed by atoms with E-state index >= 15 is 0 Å². The van der Waals surface area contributed by atoms with Crippen LogP contribution in [-0.2, 0) is 9.47 Å². The summed E-state index contributed by atoms with van der Waals surface area (Å²) in [6.45, 7) is 2.87. The number of carbonyl (C=O) groups excluding carboxylic acids is 1. The van der Waals surface area contributed by atoms with Gasteiger partial charge >= 0.3 is 0 Å². The highest BCUT2D eigenvalue weighted by Crippen LogP contribution is 2.26. The second-order valence-electron chi connectivity index (χ2n) is 5.25. The first-order valence-electron chi connectivity index (χ1n) is 7.02. The van der Waals surface area contributed by atoms with Gasteiger partial charge in [0.05, 0.1) is 13.2 Å². The molecule has 0 aliphatic carbocycles. The topological polar surface area (TPSA) is 38.8 Å². The molecule has 1 aromatic rings. The first-order valence-corrected chi connectivity index (χ1v) is 7.40. The second-order valence-corrected chi connectivity index (χ2v) is 5.69. The number of nitrogens with zero attached hydrogens (tertiary/aromatic N) is 1. The second kappa shape index (κ2) is 6.12. The van der Waals surface area contributed by atoms with Crippen LogP contribution >= 0.6 is 11.6 Å². The lowest BCUT2D eigenvalue weighted by atomic mass is 9.95. The number of halogens is 1. The molecule has 2 fully saturated rings. The summed E-state index contributed by atoms with van der Waals surface area (Å²) in [5.74, 6) is 0.458. The molecule has 0 unspecified atom stereocenters. The van der Waals surface area contributed by atoms with Crippen LogP contribution in [0.2, 0.25) is 5.02 Å². The Morgan fingerprint density at radius 3 is 2.55 bits per heavy atom. The largest absolute Gasteiger partial charge is 0.350 e. The SMILES string of the molecule is O=C(c1cccc(Cl)c1)N1CCC(C2OCCO2)CC1. The van der Waals surface area contributed by atoms with Crippen LogP contribution in [0.3, 0.4) is 0 Å². The molecule has 108 valence electrons. The molecule has 2 saturated heterocycles. The Labute approximate surface area is 123 Å². The van der Waals surface area contributed by atoms with Gasteiger partial charge in [0.15, 0.2) is 6.29 Å². The van der Waals surface area contributed by atoms with Crippen molar-refractivity contribution >= 4 is 17.5 Å². The molecule has 2 aliphatic heterocycles. The Bertz CT molecular complexity index is 480. The maximum atomic E-state index is 12.4. The zero-order valence-electron chi connectivity index (χ0n) is 11.3. The van der Waals surface area contributed by atoms with Crippen LogP contribution in [0.4, 0.5) is 0 Å². The summed E-state index contributed by atoms with van der Waals surface area (Å²) in [6, 6.07) is 7.12. The fourth-order valence-electron chi connectivity index (χ4n) is 2.83. The number of likely N-dealkylation sites (tertiary alicyclic amines) is 1. The fraction of sp³-hybridized carbons (Fsp3) is 0.533. The summed E-state index contributed by atoms with van der Waals surface area (Å²) in [5.41, 5.74) is 0.657. The Kier molecular flexibility index (Phi) is 4.24. The average molecular weight is 296 g/mol. The number of benzene rings is 1. The minimum atomic E-state index is -0.0709. The van der Waals surface area contributed by atoms with Gasteiger partial charge in [0, 0.05) is 29.6 Å². The minimum Gasteiger partial charge on any atom is -0.350 e. The summed E-state index contributed by atoms with van der Waals surface area (Å²) in [4.78, 5) is 14.3. The summed E-state index contributed by atoms with van der Waals surface area (Å²) >= 11 is 5.93. The van der Waals surface area contributed by atoms with Gasteiger partial charge in [-0.1, -0.05) is 17.7 Å². The third kappa shape index (κ3) is 2.97. The summed E-state index contributed by atoms with van der Waals surface area (Å²) < 4.78 is 11.1. The van der Waals surface area contributed by atoms with E-state index < -0.39 is 0 Å². The van der Waals surface area contributed by atoms with E-state index in [0.717, 1.165) is 25.9 Å². The van der Waals surface area contributed by atoms with Crippen molar-refractivity contribution in [2.24, 2.45) is 5.92 Å². The highest BCUT2D eigenvalue weighted by atomic mass is 35.5. The predicted molar refractivity (Wildman–Crippen MR) is 75.8 cm³/mol. The van der Waals surface area contributed by atoms with Crippen LogP contribution in [0.15, 0.2) is 24.3 Å². The Hall–Kier alpha value is -1.10. The van der Waals surface area contributed by atoms with Crippen LogP contribution in [0, 0.1) is 5.92 Å². The molecule has 0 aromatic heterocycles. The summed E-state index contributed by atoms with van der Waals surface area (Å²) in [7, 11) is 0. The molecule has 5 heteroatoms. The average Bonchev–Trinajstić information content (AvgIpc) is 3.01. The molecule has 2 aliphatic rings. The van der Waals surface area contributed by atoms with Gasteiger partial charge in [-0.25, -0.2) is 0 Å². The van der Waals surface area contributed by atoms with Crippen molar-refractivity contribution in [1.82, 2.24) is 4.90 Å². The van der Waals surface area contributed by atoms with Gasteiger partial charge in [-0.2, -0.15) is 0 Å². The van der Waals surface area contributed by atoms with Crippen LogP contribution in [0.25, 0.3) is 0 Å². The van der Waals surface area contributed by atoms with Crippen molar-refractivity contribution in [1.29, 1.82) is 0 Å². The standard InChI is InChI=1S/C15H18ClNO3/c16-13-3-1-2-12(10-13)14(18)17-6-4-11(5-7-17)15-19-8-9-20-15/h1-3,10-11,15H,4-9H2. The predicted octanol–water partition coefficient (Wildman–Crippen LogP) is 2.57. The Balaban J connectivity index is 1.58. The normalized spacial score (nSPS) is 21.4. The van der Waals surface area contributed by atoms with Gasteiger partial charge in [0.25, 0.3) is 5.91 Å². The number of carbonyl (C=O) groups is 1. The van der Waals surface area contributed by atoms with Crippen molar-refractivity contribution in [2.45, 2.75) is 19.1 Å². The van der Waals surface area contributed by atoms with E-state index in [2.05, 4.69) is 0 Å². The van der Waals surface area contributed by atoms with Crippen molar-refractivity contribution in [3.8, 4) is 0 Å². The van der Waals surface area contributed by atoms with Crippen LogP contribution in [0.1, 0.15) is 23.2 Å². The van der Waals surface area contributed by atoms with E-state index in [-0.39, 0.29) is 12.2 Å². The highest BCUT2D eigenvalue weighted by Gasteiger charge is 2.31. The zero-order chi connectivity index (χ0) is 13.9. The van der Waals surface area contributed by atoms with Crippen molar-refractivity contribution in [3.63, 3.8) is 0 Å². The molecule has 0 bridgehead atoms. The lowest BCUT2D eigenvalue weighted by molar-refractivity contribution is -0.0956. The molecule has 20 heavy (non-hydrogen) atoms. The van der Waals surface area contributed by atoms with Gasteiger partial charge in [0.1, 0.15) is 0 Å². The molecule has 0 radical (unpaired) electrons. The molecular weight excluding hydrogens is 278 g/mol. The molecule has 3 rings (SSSR count). The molecular formula is C15H18ClNO3. The first-order chi connectivity index (χ1) is 9.74. The maximum absolute atomic E-state index is 12.4. The Morgan fingerprint density at radius 1 is 1.20 bits per heavy atom.